The Morgan fingerprint density at radius 3 is 2.89 bits per heavy atom. The van der Waals surface area contributed by atoms with E-state index in [0.717, 1.165) is 18.4 Å². The quantitative estimate of drug-likeness (QED) is 0.734. The van der Waals surface area contributed by atoms with E-state index < -0.39 is 0 Å². The van der Waals surface area contributed by atoms with Crippen LogP contribution in [-0.4, -0.2) is 38.8 Å². The van der Waals surface area contributed by atoms with Crippen LogP contribution in [0.2, 0.25) is 0 Å². The number of amides is 1. The number of hydrogen-bond donors (Lipinski definition) is 3. The number of fused-ring (bicyclic) bond motifs is 1. The highest BCUT2D eigenvalue weighted by atomic mass is 32.2. The van der Waals surface area contributed by atoms with Crippen LogP contribution in [0.5, 0.6) is 5.75 Å². The van der Waals surface area contributed by atoms with E-state index in [1.165, 1.54) is 11.8 Å². The molecule has 8 heteroatoms. The van der Waals surface area contributed by atoms with Gasteiger partial charge in [-0.1, -0.05) is 12.1 Å². The molecule has 2 atom stereocenters. The summed E-state index contributed by atoms with van der Waals surface area (Å²) < 4.78 is 7.60. The number of benzene rings is 1. The molecule has 0 unspecified atom stereocenters. The standard InChI is InChI=1S/C19H23N3O4S/c1-19(2)9-12(6-7-26-19)22-17-15(18(25)21-22)16(27-10-14(24)20-17)11-4-3-5-13(23)8-11/h3-5,8,12,16,23H,6-7,9-10H2,1-2H3,(H,20,24)(H,21,25)/t12-,16+/m0/s1. The molecular weight excluding hydrogens is 366 g/mol. The van der Waals surface area contributed by atoms with Crippen LogP contribution in [0, 0.1) is 0 Å². The lowest BCUT2D eigenvalue weighted by atomic mass is 9.94. The number of anilines is 1. The number of ether oxygens (including phenoxy) is 1. The summed E-state index contributed by atoms with van der Waals surface area (Å²) in [6.45, 7) is 4.66. The van der Waals surface area contributed by atoms with Crippen LogP contribution in [0.4, 0.5) is 5.82 Å². The first kappa shape index (κ1) is 18.2. The van der Waals surface area contributed by atoms with Gasteiger partial charge in [-0.2, -0.15) is 0 Å². The fraction of sp³-hybridized carbons (Fsp3) is 0.474. The maximum absolute atomic E-state index is 12.9. The molecule has 1 fully saturated rings. The number of H-pyrrole nitrogens is 1. The summed E-state index contributed by atoms with van der Waals surface area (Å²) in [5.74, 6) is 0.780. The summed E-state index contributed by atoms with van der Waals surface area (Å²) in [4.78, 5) is 25.2. The maximum atomic E-state index is 12.9. The Hall–Kier alpha value is -2.19. The van der Waals surface area contributed by atoms with Gasteiger partial charge in [0.15, 0.2) is 0 Å². The fourth-order valence-corrected chi connectivity index (χ4v) is 5.00. The monoisotopic (exact) mass is 389 g/mol. The van der Waals surface area contributed by atoms with Crippen molar-refractivity contribution in [1.82, 2.24) is 9.78 Å². The second kappa shape index (κ2) is 6.76. The third-order valence-electron chi connectivity index (χ3n) is 5.07. The van der Waals surface area contributed by atoms with E-state index in [1.54, 1.807) is 18.2 Å². The topological polar surface area (TPSA) is 96.4 Å². The highest BCUT2D eigenvalue weighted by molar-refractivity contribution is 8.00. The van der Waals surface area contributed by atoms with Gasteiger partial charge in [0.2, 0.25) is 5.91 Å². The number of thioether (sulfide) groups is 1. The molecule has 0 radical (unpaired) electrons. The van der Waals surface area contributed by atoms with E-state index in [9.17, 15) is 14.7 Å². The van der Waals surface area contributed by atoms with Crippen LogP contribution in [0.25, 0.3) is 0 Å². The van der Waals surface area contributed by atoms with Gasteiger partial charge < -0.3 is 15.2 Å². The first-order chi connectivity index (χ1) is 12.8. The first-order valence-electron chi connectivity index (χ1n) is 9.03. The Balaban J connectivity index is 1.81. The van der Waals surface area contributed by atoms with Crippen molar-refractivity contribution in [3.63, 3.8) is 0 Å². The zero-order valence-corrected chi connectivity index (χ0v) is 16.1. The van der Waals surface area contributed by atoms with E-state index >= 15 is 0 Å². The van der Waals surface area contributed by atoms with E-state index in [2.05, 4.69) is 10.4 Å². The van der Waals surface area contributed by atoms with Gasteiger partial charge in [-0.3, -0.25) is 19.4 Å². The summed E-state index contributed by atoms with van der Waals surface area (Å²) in [6, 6.07) is 6.89. The van der Waals surface area contributed by atoms with Crippen LogP contribution in [-0.2, 0) is 9.53 Å². The molecule has 2 aliphatic rings. The summed E-state index contributed by atoms with van der Waals surface area (Å²) in [6.07, 6.45) is 1.50. The Labute approximate surface area is 161 Å². The molecule has 3 N–H and O–H groups in total. The largest absolute Gasteiger partial charge is 0.508 e. The van der Waals surface area contributed by atoms with Crippen LogP contribution >= 0.6 is 11.8 Å². The molecule has 27 heavy (non-hydrogen) atoms. The minimum atomic E-state index is -0.330. The Bertz CT molecular complexity index is 933. The minimum Gasteiger partial charge on any atom is -0.508 e. The third-order valence-corrected chi connectivity index (χ3v) is 6.34. The zero-order chi connectivity index (χ0) is 19.2. The van der Waals surface area contributed by atoms with Crippen LogP contribution < -0.4 is 10.9 Å². The number of phenols is 1. The molecule has 0 aliphatic carbocycles. The lowest BCUT2D eigenvalue weighted by Crippen LogP contribution is -2.36. The van der Waals surface area contributed by atoms with Crippen molar-refractivity contribution in [1.29, 1.82) is 0 Å². The van der Waals surface area contributed by atoms with Crippen molar-refractivity contribution in [3.05, 3.63) is 45.7 Å². The van der Waals surface area contributed by atoms with Crippen molar-refractivity contribution >= 4 is 23.5 Å². The zero-order valence-electron chi connectivity index (χ0n) is 15.3. The summed E-state index contributed by atoms with van der Waals surface area (Å²) in [5.41, 5.74) is 0.830. The van der Waals surface area contributed by atoms with E-state index in [-0.39, 0.29) is 39.9 Å². The molecule has 1 aromatic heterocycles. The molecule has 144 valence electrons. The molecule has 0 spiro atoms. The number of hydrogen-bond acceptors (Lipinski definition) is 5. The normalized spacial score (nSPS) is 24.7. The molecule has 2 aliphatic heterocycles. The molecule has 7 nitrogen and oxygen atoms in total. The first-order valence-corrected chi connectivity index (χ1v) is 10.1. The summed E-state index contributed by atoms with van der Waals surface area (Å²) >= 11 is 1.39. The Morgan fingerprint density at radius 1 is 1.33 bits per heavy atom. The van der Waals surface area contributed by atoms with Gasteiger partial charge in [0.05, 0.1) is 28.2 Å². The summed E-state index contributed by atoms with van der Waals surface area (Å²) in [7, 11) is 0. The highest BCUT2D eigenvalue weighted by Crippen LogP contribution is 2.42. The predicted octanol–water partition coefficient (Wildman–Crippen LogP) is 2.79. The van der Waals surface area contributed by atoms with Crippen LogP contribution in [0.15, 0.2) is 29.1 Å². The second-order valence-corrected chi connectivity index (χ2v) is 8.76. The molecule has 3 heterocycles. The number of phenolic OH excluding ortho intramolecular Hbond substituents is 1. The average molecular weight is 389 g/mol. The van der Waals surface area contributed by atoms with Gasteiger partial charge >= 0.3 is 0 Å². The summed E-state index contributed by atoms with van der Waals surface area (Å²) in [5, 5.41) is 15.4. The lowest BCUT2D eigenvalue weighted by Gasteiger charge is -2.36. The number of carbonyl (C=O) groups excluding carboxylic acids is 1. The van der Waals surface area contributed by atoms with E-state index in [4.69, 9.17) is 4.74 Å². The SMILES string of the molecule is CC1(C)C[C@@H](n2[nH]c(=O)c3c2NC(=O)CS[C@@H]3c2cccc(O)c2)CCO1. The minimum absolute atomic E-state index is 0.0402. The number of rotatable bonds is 2. The number of nitrogens with one attached hydrogen (secondary N) is 2. The fourth-order valence-electron chi connectivity index (χ4n) is 3.89. The molecule has 0 saturated carbocycles. The Morgan fingerprint density at radius 2 is 2.15 bits per heavy atom. The molecule has 1 saturated heterocycles. The molecule has 1 aromatic carbocycles. The van der Waals surface area contributed by atoms with Crippen molar-refractivity contribution in [2.24, 2.45) is 0 Å². The number of carbonyl (C=O) groups is 1. The average Bonchev–Trinajstić information content (AvgIpc) is 2.80. The van der Waals surface area contributed by atoms with E-state index in [0.29, 0.717) is 18.0 Å². The van der Waals surface area contributed by atoms with Gasteiger partial charge in [0.1, 0.15) is 11.6 Å². The van der Waals surface area contributed by atoms with Crippen LogP contribution in [0.3, 0.4) is 0 Å². The Kier molecular flexibility index (Phi) is 4.55. The maximum Gasteiger partial charge on any atom is 0.270 e. The third kappa shape index (κ3) is 3.51. The van der Waals surface area contributed by atoms with Crippen molar-refractivity contribution in [2.75, 3.05) is 17.7 Å². The van der Waals surface area contributed by atoms with Gasteiger partial charge in [0, 0.05) is 6.61 Å². The molecule has 0 bridgehead atoms. The van der Waals surface area contributed by atoms with Crippen molar-refractivity contribution in [2.45, 2.75) is 43.6 Å². The molecule has 2 aromatic rings. The van der Waals surface area contributed by atoms with Crippen molar-refractivity contribution < 1.29 is 14.6 Å². The number of aromatic hydroxyl groups is 1. The van der Waals surface area contributed by atoms with Crippen LogP contribution in [0.1, 0.15) is 49.1 Å². The highest BCUT2D eigenvalue weighted by Gasteiger charge is 2.36. The lowest BCUT2D eigenvalue weighted by molar-refractivity contribution is -0.113. The predicted molar refractivity (Wildman–Crippen MR) is 104 cm³/mol. The van der Waals surface area contributed by atoms with Gasteiger partial charge in [-0.05, 0) is 44.4 Å². The van der Waals surface area contributed by atoms with Gasteiger partial charge in [-0.25, -0.2) is 0 Å². The molecular formula is C19H23N3O4S. The number of nitrogens with zero attached hydrogens (tertiary/aromatic N) is 1. The number of aromatic amines is 1. The molecule has 4 rings (SSSR count). The molecule has 1 amide bonds. The van der Waals surface area contributed by atoms with E-state index in [1.807, 2.05) is 24.6 Å². The number of aromatic nitrogens is 2. The second-order valence-electron chi connectivity index (χ2n) is 7.66. The van der Waals surface area contributed by atoms with Crippen molar-refractivity contribution in [3.8, 4) is 5.75 Å². The van der Waals surface area contributed by atoms with Gasteiger partial charge in [-0.15, -0.1) is 11.8 Å². The smallest absolute Gasteiger partial charge is 0.270 e. The van der Waals surface area contributed by atoms with Gasteiger partial charge in [0.25, 0.3) is 5.56 Å².